The lowest BCUT2D eigenvalue weighted by Gasteiger charge is -2.04. The van der Waals surface area contributed by atoms with Gasteiger partial charge in [-0.3, -0.25) is 0 Å². The number of hydrogen-bond acceptors (Lipinski definition) is 0. The second-order valence-corrected chi connectivity index (χ2v) is 4.63. The quantitative estimate of drug-likeness (QED) is 0.590. The summed E-state index contributed by atoms with van der Waals surface area (Å²) >= 11 is 9.38. The molecule has 0 amide bonds. The van der Waals surface area contributed by atoms with Crippen LogP contribution in [0.5, 0.6) is 0 Å². The summed E-state index contributed by atoms with van der Waals surface area (Å²) in [6.07, 6.45) is 0. The SMILES string of the molecule is [C-]#[N+]c1cc2cc(Br)c(Cl)cc2cc1C. The molecule has 0 bridgehead atoms. The molecule has 1 nitrogen and oxygen atoms in total. The van der Waals surface area contributed by atoms with Crippen LogP contribution >= 0.6 is 27.5 Å². The predicted molar refractivity (Wildman–Crippen MR) is 67.7 cm³/mol. The number of nitrogens with zero attached hydrogens (tertiary/aromatic N) is 1. The van der Waals surface area contributed by atoms with Crippen molar-refractivity contribution in [1.29, 1.82) is 0 Å². The number of halogens is 2. The highest BCUT2D eigenvalue weighted by Gasteiger charge is 2.04. The molecule has 0 aliphatic heterocycles. The van der Waals surface area contributed by atoms with Gasteiger partial charge in [-0.1, -0.05) is 17.7 Å². The molecule has 0 aliphatic carbocycles. The number of benzene rings is 2. The van der Waals surface area contributed by atoms with Crippen molar-refractivity contribution in [3.63, 3.8) is 0 Å². The van der Waals surface area contributed by atoms with Gasteiger partial charge in [-0.2, -0.15) is 0 Å². The van der Waals surface area contributed by atoms with Gasteiger partial charge in [0.1, 0.15) is 0 Å². The molecule has 0 saturated heterocycles. The van der Waals surface area contributed by atoms with Gasteiger partial charge in [0.05, 0.1) is 11.6 Å². The smallest absolute Gasteiger partial charge is 0.190 e. The van der Waals surface area contributed by atoms with Crippen LogP contribution in [0.1, 0.15) is 5.56 Å². The van der Waals surface area contributed by atoms with E-state index in [4.69, 9.17) is 18.2 Å². The van der Waals surface area contributed by atoms with Crippen molar-refractivity contribution in [3.8, 4) is 0 Å². The van der Waals surface area contributed by atoms with E-state index >= 15 is 0 Å². The predicted octanol–water partition coefficient (Wildman–Crippen LogP) is 5.11. The molecule has 0 atom stereocenters. The molecule has 0 unspecified atom stereocenters. The second kappa shape index (κ2) is 3.84. The van der Waals surface area contributed by atoms with Crippen molar-refractivity contribution >= 4 is 44.0 Å². The van der Waals surface area contributed by atoms with Crippen LogP contribution in [0.25, 0.3) is 15.6 Å². The molecule has 74 valence electrons. The van der Waals surface area contributed by atoms with Gasteiger partial charge in [-0.25, -0.2) is 4.85 Å². The summed E-state index contributed by atoms with van der Waals surface area (Å²) in [5, 5.41) is 2.79. The average Bonchev–Trinajstić information content (AvgIpc) is 2.20. The van der Waals surface area contributed by atoms with Gasteiger partial charge in [0.15, 0.2) is 5.69 Å². The third-order valence-electron chi connectivity index (χ3n) is 2.31. The Morgan fingerprint density at radius 2 is 1.87 bits per heavy atom. The molecule has 0 aliphatic rings. The molecule has 0 aromatic heterocycles. The molecular weight excluding hydrogens is 273 g/mol. The maximum Gasteiger partial charge on any atom is 0.190 e. The summed E-state index contributed by atoms with van der Waals surface area (Å²) in [5.41, 5.74) is 1.67. The second-order valence-electron chi connectivity index (χ2n) is 3.36. The Hall–Kier alpha value is -1.04. The fourth-order valence-electron chi connectivity index (χ4n) is 1.52. The number of fused-ring (bicyclic) bond motifs is 1. The van der Waals surface area contributed by atoms with Crippen LogP contribution in [0.15, 0.2) is 28.7 Å². The Bertz CT molecular complexity index is 584. The molecule has 2 rings (SSSR count). The number of aryl methyl sites for hydroxylation is 1. The lowest BCUT2D eigenvalue weighted by Crippen LogP contribution is -1.78. The van der Waals surface area contributed by atoms with Crippen LogP contribution < -0.4 is 0 Å². The zero-order valence-electron chi connectivity index (χ0n) is 8.01. The van der Waals surface area contributed by atoms with E-state index in [1.165, 1.54) is 0 Å². The van der Waals surface area contributed by atoms with Crippen molar-refractivity contribution in [2.24, 2.45) is 0 Å². The number of rotatable bonds is 0. The Labute approximate surface area is 102 Å². The maximum atomic E-state index is 7.04. The summed E-state index contributed by atoms with van der Waals surface area (Å²) in [4.78, 5) is 3.47. The third kappa shape index (κ3) is 1.86. The molecule has 0 heterocycles. The van der Waals surface area contributed by atoms with Crippen molar-refractivity contribution < 1.29 is 0 Å². The monoisotopic (exact) mass is 279 g/mol. The van der Waals surface area contributed by atoms with Gasteiger partial charge in [0.25, 0.3) is 0 Å². The molecular formula is C12H7BrClN. The lowest BCUT2D eigenvalue weighted by molar-refractivity contribution is 1.52. The minimum atomic E-state index is 0.691. The lowest BCUT2D eigenvalue weighted by atomic mass is 10.1. The van der Waals surface area contributed by atoms with Gasteiger partial charge in [-0.05, 0) is 57.4 Å². The normalized spacial score (nSPS) is 10.3. The summed E-state index contributed by atoms with van der Waals surface area (Å²) < 4.78 is 0.858. The van der Waals surface area contributed by atoms with Crippen molar-refractivity contribution in [3.05, 3.63) is 50.7 Å². The van der Waals surface area contributed by atoms with Crippen LogP contribution in [0.2, 0.25) is 5.02 Å². The fourth-order valence-corrected chi connectivity index (χ4v) is 2.05. The zero-order valence-corrected chi connectivity index (χ0v) is 10.4. The third-order valence-corrected chi connectivity index (χ3v) is 3.51. The zero-order chi connectivity index (χ0) is 11.0. The van der Waals surface area contributed by atoms with E-state index in [1.807, 2.05) is 31.2 Å². The largest absolute Gasteiger partial charge is 0.238 e. The number of hydrogen-bond donors (Lipinski definition) is 0. The van der Waals surface area contributed by atoms with Crippen LogP contribution in [0.3, 0.4) is 0 Å². The van der Waals surface area contributed by atoms with Crippen molar-refractivity contribution in [1.82, 2.24) is 0 Å². The van der Waals surface area contributed by atoms with Gasteiger partial charge < -0.3 is 0 Å². The van der Waals surface area contributed by atoms with E-state index in [0.717, 1.165) is 20.8 Å². The highest BCUT2D eigenvalue weighted by molar-refractivity contribution is 9.10. The van der Waals surface area contributed by atoms with Gasteiger partial charge in [-0.15, -0.1) is 0 Å². The topological polar surface area (TPSA) is 4.36 Å². The Kier molecular flexibility index (Phi) is 2.68. The van der Waals surface area contributed by atoms with Crippen LogP contribution in [-0.2, 0) is 0 Å². The van der Waals surface area contributed by atoms with Gasteiger partial charge in [0.2, 0.25) is 0 Å². The standard InChI is InChI=1S/C12H7BrClN/c1-7-3-8-5-11(14)10(13)4-9(8)6-12(7)15-2/h3-6H,1H3. The minimum Gasteiger partial charge on any atom is -0.238 e. The molecule has 3 heteroatoms. The first-order valence-electron chi connectivity index (χ1n) is 4.38. The average molecular weight is 281 g/mol. The highest BCUT2D eigenvalue weighted by Crippen LogP contribution is 2.32. The van der Waals surface area contributed by atoms with Crippen LogP contribution in [0, 0.1) is 13.5 Å². The van der Waals surface area contributed by atoms with E-state index in [0.29, 0.717) is 10.7 Å². The summed E-state index contributed by atoms with van der Waals surface area (Å²) in [7, 11) is 0. The summed E-state index contributed by atoms with van der Waals surface area (Å²) in [5.74, 6) is 0. The Morgan fingerprint density at radius 1 is 1.20 bits per heavy atom. The first-order valence-corrected chi connectivity index (χ1v) is 5.56. The molecule has 0 fully saturated rings. The summed E-state index contributed by atoms with van der Waals surface area (Å²) in [6.45, 7) is 8.98. The maximum absolute atomic E-state index is 7.04. The van der Waals surface area contributed by atoms with E-state index in [-0.39, 0.29) is 0 Å². The molecule has 0 radical (unpaired) electrons. The fraction of sp³-hybridized carbons (Fsp3) is 0.0833. The molecule has 2 aromatic rings. The molecule has 0 spiro atoms. The van der Waals surface area contributed by atoms with E-state index in [1.54, 1.807) is 0 Å². The van der Waals surface area contributed by atoms with Crippen LogP contribution in [0.4, 0.5) is 5.69 Å². The van der Waals surface area contributed by atoms with E-state index in [2.05, 4.69) is 20.8 Å². The highest BCUT2D eigenvalue weighted by atomic mass is 79.9. The minimum absolute atomic E-state index is 0.691. The summed E-state index contributed by atoms with van der Waals surface area (Å²) in [6, 6.07) is 7.72. The Balaban J connectivity index is 2.84. The van der Waals surface area contributed by atoms with Gasteiger partial charge >= 0.3 is 0 Å². The molecule has 0 saturated carbocycles. The van der Waals surface area contributed by atoms with Crippen molar-refractivity contribution in [2.45, 2.75) is 6.92 Å². The van der Waals surface area contributed by atoms with Gasteiger partial charge in [0, 0.05) is 4.47 Å². The first kappa shape index (κ1) is 10.5. The van der Waals surface area contributed by atoms with Crippen LogP contribution in [-0.4, -0.2) is 0 Å². The van der Waals surface area contributed by atoms with Crippen molar-refractivity contribution in [2.75, 3.05) is 0 Å². The van der Waals surface area contributed by atoms with E-state index in [9.17, 15) is 0 Å². The first-order chi connectivity index (χ1) is 7.11. The molecule has 2 aromatic carbocycles. The molecule has 15 heavy (non-hydrogen) atoms. The Morgan fingerprint density at radius 3 is 2.53 bits per heavy atom. The van der Waals surface area contributed by atoms with E-state index < -0.39 is 0 Å². The molecule has 0 N–H and O–H groups in total.